The molecule has 0 unspecified atom stereocenters. The van der Waals surface area contributed by atoms with Gasteiger partial charge in [0.1, 0.15) is 5.69 Å². The van der Waals surface area contributed by atoms with Crippen molar-refractivity contribution in [3.8, 4) is 0 Å². The Morgan fingerprint density at radius 1 is 0.696 bits per heavy atom. The van der Waals surface area contributed by atoms with Crippen molar-refractivity contribution in [3.63, 3.8) is 0 Å². The number of rotatable bonds is 0. The number of benzene rings is 2. The van der Waals surface area contributed by atoms with Crippen LogP contribution in [-0.4, -0.2) is 16.0 Å². The van der Waals surface area contributed by atoms with Gasteiger partial charge in [-0.25, -0.2) is 0 Å². The van der Waals surface area contributed by atoms with Gasteiger partial charge in [-0.2, -0.15) is 0 Å². The molecule has 1 aliphatic carbocycles. The normalized spacial score (nSPS) is 13.4. The maximum absolute atomic E-state index is 12.9. The molecule has 2 heterocycles. The van der Waals surface area contributed by atoms with Gasteiger partial charge in [0.15, 0.2) is 5.78 Å². The van der Waals surface area contributed by atoms with Gasteiger partial charge in [0.05, 0.1) is 11.1 Å². The standard InChI is InChI=1S/C20H11NO2/c22-19-14-7-3-4-8-15(14)20(23)18-16(19)11-17-13-6-2-1-5-12(13)9-10-21(17)18/h1-11H. The maximum atomic E-state index is 12.9. The van der Waals surface area contributed by atoms with Crippen molar-refractivity contribution in [1.29, 1.82) is 0 Å². The van der Waals surface area contributed by atoms with E-state index in [0.29, 0.717) is 22.4 Å². The first-order chi connectivity index (χ1) is 11.3. The Bertz CT molecular complexity index is 1150. The number of aromatic nitrogens is 1. The molecule has 4 aromatic rings. The Balaban J connectivity index is 1.94. The van der Waals surface area contributed by atoms with Crippen molar-refractivity contribution in [2.45, 2.75) is 0 Å². The van der Waals surface area contributed by atoms with Gasteiger partial charge in [-0.1, -0.05) is 48.5 Å². The Hall–Kier alpha value is -3.20. The van der Waals surface area contributed by atoms with Crippen LogP contribution < -0.4 is 0 Å². The molecule has 1 aliphatic rings. The first-order valence-corrected chi connectivity index (χ1v) is 7.47. The quantitative estimate of drug-likeness (QED) is 0.435. The summed E-state index contributed by atoms with van der Waals surface area (Å²) >= 11 is 0. The monoisotopic (exact) mass is 297 g/mol. The molecule has 0 spiro atoms. The topological polar surface area (TPSA) is 38.5 Å². The van der Waals surface area contributed by atoms with Crippen LogP contribution in [0.2, 0.25) is 0 Å². The highest BCUT2D eigenvalue weighted by Crippen LogP contribution is 2.32. The fourth-order valence-corrected chi connectivity index (χ4v) is 3.47. The molecular formula is C20H11NO2. The maximum Gasteiger partial charge on any atom is 0.211 e. The molecule has 0 N–H and O–H groups in total. The fourth-order valence-electron chi connectivity index (χ4n) is 3.47. The van der Waals surface area contributed by atoms with Crippen LogP contribution >= 0.6 is 0 Å². The van der Waals surface area contributed by atoms with Crippen LogP contribution in [0.5, 0.6) is 0 Å². The number of fused-ring (bicyclic) bond motifs is 6. The Morgan fingerprint density at radius 3 is 2.22 bits per heavy atom. The molecule has 2 aromatic carbocycles. The van der Waals surface area contributed by atoms with E-state index in [-0.39, 0.29) is 11.6 Å². The average molecular weight is 297 g/mol. The van der Waals surface area contributed by atoms with Gasteiger partial charge in [-0.15, -0.1) is 0 Å². The predicted molar refractivity (Wildman–Crippen MR) is 88.2 cm³/mol. The molecule has 0 bridgehead atoms. The van der Waals surface area contributed by atoms with Crippen molar-refractivity contribution in [2.75, 3.05) is 0 Å². The van der Waals surface area contributed by atoms with E-state index in [9.17, 15) is 9.59 Å². The van der Waals surface area contributed by atoms with E-state index in [0.717, 1.165) is 16.3 Å². The van der Waals surface area contributed by atoms with Crippen LogP contribution in [0, 0.1) is 0 Å². The number of hydrogen-bond donors (Lipinski definition) is 0. The molecule has 23 heavy (non-hydrogen) atoms. The van der Waals surface area contributed by atoms with Crippen LogP contribution in [-0.2, 0) is 0 Å². The van der Waals surface area contributed by atoms with E-state index in [1.807, 2.05) is 47.0 Å². The highest BCUT2D eigenvalue weighted by atomic mass is 16.1. The van der Waals surface area contributed by atoms with Crippen LogP contribution in [0.1, 0.15) is 32.0 Å². The third-order valence-corrected chi connectivity index (χ3v) is 4.55. The highest BCUT2D eigenvalue weighted by molar-refractivity contribution is 6.29. The van der Waals surface area contributed by atoms with Gasteiger partial charge in [-0.05, 0) is 17.5 Å². The molecular weight excluding hydrogens is 286 g/mol. The van der Waals surface area contributed by atoms with Gasteiger partial charge < -0.3 is 4.40 Å². The zero-order valence-corrected chi connectivity index (χ0v) is 12.1. The van der Waals surface area contributed by atoms with Gasteiger partial charge in [0.25, 0.3) is 0 Å². The number of carbonyl (C=O) groups is 2. The van der Waals surface area contributed by atoms with Gasteiger partial charge >= 0.3 is 0 Å². The molecule has 0 aliphatic heterocycles. The summed E-state index contributed by atoms with van der Waals surface area (Å²) in [5.41, 5.74) is 2.82. The van der Waals surface area contributed by atoms with Crippen molar-refractivity contribution < 1.29 is 9.59 Å². The van der Waals surface area contributed by atoms with Gasteiger partial charge in [0, 0.05) is 22.7 Å². The molecule has 0 saturated carbocycles. The average Bonchev–Trinajstić information content (AvgIpc) is 3.00. The summed E-state index contributed by atoms with van der Waals surface area (Å²) in [7, 11) is 0. The van der Waals surface area contributed by atoms with E-state index < -0.39 is 0 Å². The lowest BCUT2D eigenvalue weighted by Crippen LogP contribution is -2.21. The lowest BCUT2D eigenvalue weighted by molar-refractivity contribution is 0.0976. The van der Waals surface area contributed by atoms with Crippen molar-refractivity contribution in [3.05, 3.63) is 89.2 Å². The zero-order valence-electron chi connectivity index (χ0n) is 12.1. The zero-order chi connectivity index (χ0) is 15.6. The van der Waals surface area contributed by atoms with Crippen molar-refractivity contribution in [2.24, 2.45) is 0 Å². The highest BCUT2D eigenvalue weighted by Gasteiger charge is 2.32. The molecule has 2 aromatic heterocycles. The van der Waals surface area contributed by atoms with Gasteiger partial charge in [-0.3, -0.25) is 9.59 Å². The molecule has 0 saturated heterocycles. The smallest absolute Gasteiger partial charge is 0.211 e. The second kappa shape index (κ2) is 4.17. The Kier molecular flexibility index (Phi) is 2.24. The summed E-state index contributed by atoms with van der Waals surface area (Å²) in [6.45, 7) is 0. The summed E-state index contributed by atoms with van der Waals surface area (Å²) in [6, 6.07) is 18.8. The lowest BCUT2D eigenvalue weighted by atomic mass is 9.88. The van der Waals surface area contributed by atoms with E-state index in [1.54, 1.807) is 24.3 Å². The molecule has 3 nitrogen and oxygen atoms in total. The Morgan fingerprint density at radius 2 is 1.39 bits per heavy atom. The second-order valence-corrected chi connectivity index (χ2v) is 5.77. The SMILES string of the molecule is O=C1c2ccccc2C(=O)c2c1cc1c3ccccc3ccn21. The van der Waals surface area contributed by atoms with Crippen molar-refractivity contribution in [1.82, 2.24) is 4.40 Å². The summed E-state index contributed by atoms with van der Waals surface area (Å²) in [4.78, 5) is 25.7. The fraction of sp³-hybridized carbons (Fsp3) is 0. The summed E-state index contributed by atoms with van der Waals surface area (Å²) in [5.74, 6) is -0.173. The number of nitrogens with zero attached hydrogens (tertiary/aromatic N) is 1. The molecule has 0 atom stereocenters. The van der Waals surface area contributed by atoms with Crippen molar-refractivity contribution >= 4 is 27.9 Å². The number of carbonyl (C=O) groups excluding carboxylic acids is 2. The molecule has 5 rings (SSSR count). The largest absolute Gasteiger partial charge is 0.312 e. The minimum absolute atomic E-state index is 0.0806. The molecule has 0 fully saturated rings. The molecule has 108 valence electrons. The van der Waals surface area contributed by atoms with Crippen LogP contribution in [0.25, 0.3) is 16.3 Å². The van der Waals surface area contributed by atoms with E-state index in [4.69, 9.17) is 0 Å². The lowest BCUT2D eigenvalue weighted by Gasteiger charge is -2.14. The first-order valence-electron chi connectivity index (χ1n) is 7.47. The second-order valence-electron chi connectivity index (χ2n) is 5.77. The number of pyridine rings is 1. The summed E-state index contributed by atoms with van der Waals surface area (Å²) in [6.07, 6.45) is 1.87. The number of hydrogen-bond acceptors (Lipinski definition) is 2. The van der Waals surface area contributed by atoms with Crippen LogP contribution in [0.3, 0.4) is 0 Å². The van der Waals surface area contributed by atoms with Crippen LogP contribution in [0.15, 0.2) is 66.9 Å². The third-order valence-electron chi connectivity index (χ3n) is 4.55. The van der Waals surface area contributed by atoms with Crippen LogP contribution in [0.4, 0.5) is 0 Å². The summed E-state index contributed by atoms with van der Waals surface area (Å²) in [5, 5.41) is 2.13. The minimum Gasteiger partial charge on any atom is -0.312 e. The van der Waals surface area contributed by atoms with E-state index in [1.165, 1.54) is 0 Å². The third kappa shape index (κ3) is 1.48. The van der Waals surface area contributed by atoms with Gasteiger partial charge in [0.2, 0.25) is 5.78 Å². The minimum atomic E-state index is -0.0921. The summed E-state index contributed by atoms with van der Waals surface area (Å²) < 4.78 is 1.84. The molecule has 0 radical (unpaired) electrons. The van der Waals surface area contributed by atoms with E-state index >= 15 is 0 Å². The Labute approximate surface area is 131 Å². The molecule has 0 amide bonds. The first kappa shape index (κ1) is 12.4. The number of ketones is 2. The van der Waals surface area contributed by atoms with E-state index in [2.05, 4.69) is 0 Å². The molecule has 3 heteroatoms. The predicted octanol–water partition coefficient (Wildman–Crippen LogP) is 3.87.